The summed E-state index contributed by atoms with van der Waals surface area (Å²) in [5, 5.41) is 12.5. The van der Waals surface area contributed by atoms with Gasteiger partial charge in [0.2, 0.25) is 10.0 Å². The molecule has 0 spiro atoms. The lowest BCUT2D eigenvalue weighted by atomic mass is 10.0. The second-order valence-corrected chi connectivity index (χ2v) is 7.60. The van der Waals surface area contributed by atoms with Crippen LogP contribution in [0.1, 0.15) is 5.56 Å². The Hall–Kier alpha value is -0.840. The molecule has 1 N–H and O–H groups in total. The number of halogens is 2. The van der Waals surface area contributed by atoms with Crippen molar-refractivity contribution < 1.29 is 8.42 Å². The lowest BCUT2D eigenvalue weighted by molar-refractivity contribution is 0.448. The monoisotopic (exact) mass is 347 g/mol. The molecule has 21 heavy (non-hydrogen) atoms. The summed E-state index contributed by atoms with van der Waals surface area (Å²) in [4.78, 5) is 0.145. The van der Waals surface area contributed by atoms with Crippen LogP contribution in [0.15, 0.2) is 23.1 Å². The van der Waals surface area contributed by atoms with E-state index in [9.17, 15) is 8.42 Å². The Kier molecular flexibility index (Phi) is 4.81. The molecule has 2 aliphatic heterocycles. The van der Waals surface area contributed by atoms with Crippen LogP contribution in [0.2, 0.25) is 5.02 Å². The first-order chi connectivity index (χ1) is 9.52. The van der Waals surface area contributed by atoms with Gasteiger partial charge in [-0.3, -0.25) is 0 Å². The Morgan fingerprint density at radius 3 is 2.48 bits per heavy atom. The standard InChI is InChI=1S/C13H14ClN3O2S.ClH/c14-13-2-1-12(3-9(13)4-15)20(18,19)17-7-10-5-16-6-11(10)8-17;/h1-3,10-11,16H,5-8H2;1H/t10-,11+;. The second kappa shape index (κ2) is 6.11. The van der Waals surface area contributed by atoms with E-state index < -0.39 is 10.0 Å². The Bertz CT molecular complexity index is 675. The van der Waals surface area contributed by atoms with Crippen molar-refractivity contribution in [3.05, 3.63) is 28.8 Å². The summed E-state index contributed by atoms with van der Waals surface area (Å²) in [5.41, 5.74) is 0.189. The molecule has 2 fully saturated rings. The normalized spacial score (nSPS) is 25.1. The Balaban J connectivity index is 0.00000161. The van der Waals surface area contributed by atoms with Crippen molar-refractivity contribution in [2.45, 2.75) is 4.90 Å². The molecule has 114 valence electrons. The number of fused-ring (bicyclic) bond motifs is 1. The highest BCUT2D eigenvalue weighted by atomic mass is 35.5. The third-order valence-corrected chi connectivity index (χ3v) is 6.21. The summed E-state index contributed by atoms with van der Waals surface area (Å²) >= 11 is 5.84. The lowest BCUT2D eigenvalue weighted by Gasteiger charge is -2.17. The van der Waals surface area contributed by atoms with Gasteiger partial charge >= 0.3 is 0 Å². The zero-order valence-electron chi connectivity index (χ0n) is 11.1. The quantitative estimate of drug-likeness (QED) is 0.879. The molecule has 0 unspecified atom stereocenters. The van der Waals surface area contributed by atoms with Crippen LogP contribution in [0, 0.1) is 23.2 Å². The molecule has 0 bridgehead atoms. The van der Waals surface area contributed by atoms with Gasteiger partial charge in [-0.1, -0.05) is 11.6 Å². The zero-order chi connectivity index (χ0) is 14.3. The fraction of sp³-hybridized carbons (Fsp3) is 0.462. The fourth-order valence-electron chi connectivity index (χ4n) is 2.91. The van der Waals surface area contributed by atoms with Crippen LogP contribution >= 0.6 is 24.0 Å². The highest BCUT2D eigenvalue weighted by molar-refractivity contribution is 7.89. The minimum absolute atomic E-state index is 0. The van der Waals surface area contributed by atoms with Crippen LogP contribution in [-0.4, -0.2) is 38.9 Å². The molecule has 2 heterocycles. The van der Waals surface area contributed by atoms with Crippen molar-refractivity contribution in [1.82, 2.24) is 9.62 Å². The minimum atomic E-state index is -3.53. The summed E-state index contributed by atoms with van der Waals surface area (Å²) in [6.07, 6.45) is 0. The summed E-state index contributed by atoms with van der Waals surface area (Å²) < 4.78 is 26.7. The van der Waals surface area contributed by atoms with Crippen molar-refractivity contribution in [2.75, 3.05) is 26.2 Å². The van der Waals surface area contributed by atoms with E-state index in [0.29, 0.717) is 24.9 Å². The van der Waals surface area contributed by atoms with Crippen LogP contribution in [0.25, 0.3) is 0 Å². The number of hydrogen-bond acceptors (Lipinski definition) is 4. The molecular weight excluding hydrogens is 333 g/mol. The number of sulfonamides is 1. The molecule has 8 heteroatoms. The highest BCUT2D eigenvalue weighted by Crippen LogP contribution is 2.31. The Morgan fingerprint density at radius 1 is 1.29 bits per heavy atom. The maximum absolute atomic E-state index is 12.6. The third-order valence-electron chi connectivity index (χ3n) is 4.05. The molecule has 0 amide bonds. The molecule has 1 aromatic carbocycles. The van der Waals surface area contributed by atoms with Crippen LogP contribution in [0.3, 0.4) is 0 Å². The third kappa shape index (κ3) is 2.89. The van der Waals surface area contributed by atoms with Gasteiger partial charge in [0.25, 0.3) is 0 Å². The molecule has 2 aliphatic rings. The zero-order valence-corrected chi connectivity index (χ0v) is 13.5. The number of nitrogens with zero attached hydrogens (tertiary/aromatic N) is 2. The number of nitriles is 1. The molecule has 2 atom stereocenters. The maximum Gasteiger partial charge on any atom is 0.243 e. The van der Waals surface area contributed by atoms with Gasteiger partial charge in [-0.15, -0.1) is 12.4 Å². The van der Waals surface area contributed by atoms with E-state index in [0.717, 1.165) is 13.1 Å². The summed E-state index contributed by atoms with van der Waals surface area (Å²) in [7, 11) is -3.53. The first-order valence-corrected chi connectivity index (χ1v) is 8.24. The van der Waals surface area contributed by atoms with Crippen molar-refractivity contribution in [3.63, 3.8) is 0 Å². The number of nitrogens with one attached hydrogen (secondary N) is 1. The first-order valence-electron chi connectivity index (χ1n) is 6.43. The van der Waals surface area contributed by atoms with Crippen molar-refractivity contribution in [3.8, 4) is 6.07 Å². The van der Waals surface area contributed by atoms with Gasteiger partial charge in [0.05, 0.1) is 15.5 Å². The molecule has 0 aromatic heterocycles. The molecule has 0 saturated carbocycles. The van der Waals surface area contributed by atoms with Crippen molar-refractivity contribution >= 4 is 34.0 Å². The summed E-state index contributed by atoms with van der Waals surface area (Å²) in [5.74, 6) is 0.792. The predicted octanol–water partition coefficient (Wildman–Crippen LogP) is 1.47. The second-order valence-electron chi connectivity index (χ2n) is 5.25. The summed E-state index contributed by atoms with van der Waals surface area (Å²) in [6, 6.07) is 6.19. The van der Waals surface area contributed by atoms with Crippen LogP contribution in [0.4, 0.5) is 0 Å². The number of rotatable bonds is 2. The Morgan fingerprint density at radius 2 is 1.90 bits per heavy atom. The van der Waals surface area contributed by atoms with E-state index in [1.54, 1.807) is 0 Å². The van der Waals surface area contributed by atoms with Gasteiger partial charge in [-0.25, -0.2) is 8.42 Å². The predicted molar refractivity (Wildman–Crippen MR) is 82.0 cm³/mol. The number of benzene rings is 1. The number of hydrogen-bond donors (Lipinski definition) is 1. The van der Waals surface area contributed by atoms with Gasteiger partial charge < -0.3 is 5.32 Å². The van der Waals surface area contributed by atoms with Crippen LogP contribution in [0.5, 0.6) is 0 Å². The van der Waals surface area contributed by atoms with Crippen molar-refractivity contribution in [1.29, 1.82) is 5.26 Å². The maximum atomic E-state index is 12.6. The minimum Gasteiger partial charge on any atom is -0.316 e. The highest BCUT2D eigenvalue weighted by Gasteiger charge is 2.41. The first kappa shape index (κ1) is 16.5. The van der Waals surface area contributed by atoms with Crippen molar-refractivity contribution in [2.24, 2.45) is 11.8 Å². The molecule has 1 aromatic rings. The van der Waals surface area contributed by atoms with Crippen LogP contribution in [-0.2, 0) is 10.0 Å². The topological polar surface area (TPSA) is 73.2 Å². The van der Waals surface area contributed by atoms with E-state index in [1.165, 1.54) is 22.5 Å². The van der Waals surface area contributed by atoms with E-state index in [-0.39, 0.29) is 27.9 Å². The molecule has 0 aliphatic carbocycles. The average molecular weight is 348 g/mol. The lowest BCUT2D eigenvalue weighted by Crippen LogP contribution is -2.32. The molecule has 2 saturated heterocycles. The van der Waals surface area contributed by atoms with Gasteiger partial charge in [-0.05, 0) is 43.1 Å². The van der Waals surface area contributed by atoms with Crippen LogP contribution < -0.4 is 5.32 Å². The Labute approximate surface area is 135 Å². The van der Waals surface area contributed by atoms with E-state index in [2.05, 4.69) is 5.32 Å². The van der Waals surface area contributed by atoms with Gasteiger partial charge in [0.15, 0.2) is 0 Å². The van der Waals surface area contributed by atoms with Gasteiger partial charge in [0.1, 0.15) is 6.07 Å². The molecular formula is C13H15Cl2N3O2S. The van der Waals surface area contributed by atoms with Gasteiger partial charge in [-0.2, -0.15) is 9.57 Å². The SMILES string of the molecule is Cl.N#Cc1cc(S(=O)(=O)N2C[C@H]3CNC[C@H]3C2)ccc1Cl. The average Bonchev–Trinajstić information content (AvgIpc) is 2.99. The fourth-order valence-corrected chi connectivity index (χ4v) is 4.65. The van der Waals surface area contributed by atoms with E-state index in [4.69, 9.17) is 16.9 Å². The largest absolute Gasteiger partial charge is 0.316 e. The van der Waals surface area contributed by atoms with E-state index >= 15 is 0 Å². The molecule has 5 nitrogen and oxygen atoms in total. The van der Waals surface area contributed by atoms with Gasteiger partial charge in [0, 0.05) is 13.1 Å². The van der Waals surface area contributed by atoms with E-state index in [1.807, 2.05) is 6.07 Å². The molecule has 0 radical (unpaired) electrons. The molecule has 3 rings (SSSR count). The summed E-state index contributed by atoms with van der Waals surface area (Å²) in [6.45, 7) is 2.84. The smallest absolute Gasteiger partial charge is 0.243 e.